The Hall–Kier alpha value is -1.61. The summed E-state index contributed by atoms with van der Waals surface area (Å²) in [6.07, 6.45) is 4.46. The van der Waals surface area contributed by atoms with Gasteiger partial charge in [0.2, 0.25) is 0 Å². The Morgan fingerprint density at radius 1 is 1.30 bits per heavy atom. The molecule has 1 aromatic carbocycles. The molecule has 3 nitrogen and oxygen atoms in total. The van der Waals surface area contributed by atoms with Crippen molar-refractivity contribution in [2.24, 2.45) is 11.8 Å². The Labute approximate surface area is 119 Å². The second-order valence-corrected chi connectivity index (χ2v) is 6.19. The quantitative estimate of drug-likeness (QED) is 0.606. The number of rotatable bonds is 1. The Kier molecular flexibility index (Phi) is 2.71. The highest BCUT2D eigenvalue weighted by molar-refractivity contribution is 5.67. The number of anilines is 1. The van der Waals surface area contributed by atoms with Crippen LogP contribution in [0.4, 0.5) is 5.69 Å². The van der Waals surface area contributed by atoms with Crippen LogP contribution in [0.3, 0.4) is 0 Å². The van der Waals surface area contributed by atoms with E-state index in [1.165, 1.54) is 23.1 Å². The number of piperidine rings is 1. The molecule has 4 rings (SSSR count). The van der Waals surface area contributed by atoms with Gasteiger partial charge in [-0.3, -0.25) is 0 Å². The first-order valence-electron chi connectivity index (χ1n) is 7.52. The largest absolute Gasteiger partial charge is 0.381 e. The first-order valence-corrected chi connectivity index (χ1v) is 7.52. The van der Waals surface area contributed by atoms with Gasteiger partial charge in [0, 0.05) is 36.2 Å². The van der Waals surface area contributed by atoms with Crippen LogP contribution in [0.25, 0.3) is 0 Å². The molecule has 2 N–H and O–H groups in total. The molecule has 3 aliphatic rings. The summed E-state index contributed by atoms with van der Waals surface area (Å²) >= 11 is 0. The van der Waals surface area contributed by atoms with E-state index in [0.717, 1.165) is 13.0 Å². The zero-order valence-electron chi connectivity index (χ0n) is 11.7. The maximum absolute atomic E-state index is 11.7. The Morgan fingerprint density at radius 3 is 2.95 bits per heavy atom. The molecule has 0 spiro atoms. The van der Waals surface area contributed by atoms with Crippen molar-refractivity contribution in [1.29, 1.82) is 0 Å². The molecule has 5 unspecified atom stereocenters. The number of benzene rings is 1. The average Bonchev–Trinajstić information content (AvgIpc) is 2.87. The molecule has 2 heterocycles. The number of hydrogen-bond donors (Lipinski definition) is 2. The second kappa shape index (κ2) is 4.45. The molecule has 20 heavy (non-hydrogen) atoms. The topological polar surface area (TPSA) is 41.1 Å². The number of para-hydroxylation sites is 1. The minimum Gasteiger partial charge on any atom is -0.381 e. The molecule has 1 aliphatic carbocycles. The van der Waals surface area contributed by atoms with Crippen molar-refractivity contribution in [1.82, 2.24) is 5.32 Å². The van der Waals surface area contributed by atoms with Gasteiger partial charge in [0.1, 0.15) is 6.29 Å². The number of aldehydes is 1. The molecular weight excluding hydrogens is 248 g/mol. The van der Waals surface area contributed by atoms with Gasteiger partial charge >= 0.3 is 0 Å². The lowest BCUT2D eigenvalue weighted by Crippen LogP contribution is -2.56. The Bertz CT molecular complexity index is 580. The molecule has 2 fully saturated rings. The van der Waals surface area contributed by atoms with Gasteiger partial charge in [0.25, 0.3) is 0 Å². The van der Waals surface area contributed by atoms with Crippen LogP contribution >= 0.6 is 0 Å². The maximum atomic E-state index is 11.7. The summed E-state index contributed by atoms with van der Waals surface area (Å²) in [5.41, 5.74) is 3.99. The van der Waals surface area contributed by atoms with Gasteiger partial charge in [-0.05, 0) is 30.9 Å². The van der Waals surface area contributed by atoms with Crippen LogP contribution in [-0.2, 0) is 4.79 Å². The van der Waals surface area contributed by atoms with Crippen molar-refractivity contribution in [2.75, 3.05) is 11.9 Å². The molecular formula is C17H20N2O. The van der Waals surface area contributed by atoms with Crippen LogP contribution in [0.2, 0.25) is 0 Å². The number of fused-ring (bicyclic) bond motifs is 6. The molecule has 0 radical (unpaired) electrons. The number of nitrogens with one attached hydrogen (secondary N) is 2. The van der Waals surface area contributed by atoms with Crippen LogP contribution in [0, 0.1) is 11.8 Å². The number of hydrogen-bond acceptors (Lipinski definition) is 3. The lowest BCUT2D eigenvalue weighted by Gasteiger charge is -2.47. The normalized spacial score (nSPS) is 39.9. The lowest BCUT2D eigenvalue weighted by atomic mass is 9.63. The SMILES string of the molecule is CC=C1CNC2CC1C(C=O)C1Nc3ccccc3C21. The van der Waals surface area contributed by atoms with E-state index < -0.39 is 0 Å². The second-order valence-electron chi connectivity index (χ2n) is 6.19. The summed E-state index contributed by atoms with van der Waals surface area (Å²) in [7, 11) is 0. The van der Waals surface area contributed by atoms with E-state index in [1.807, 2.05) is 0 Å². The van der Waals surface area contributed by atoms with E-state index in [4.69, 9.17) is 0 Å². The monoisotopic (exact) mass is 268 g/mol. The minimum absolute atomic E-state index is 0.0944. The predicted molar refractivity (Wildman–Crippen MR) is 79.8 cm³/mol. The number of allylic oxidation sites excluding steroid dienone is 1. The lowest BCUT2D eigenvalue weighted by molar-refractivity contribution is -0.114. The Morgan fingerprint density at radius 2 is 2.15 bits per heavy atom. The van der Waals surface area contributed by atoms with E-state index in [2.05, 4.69) is 47.9 Å². The zero-order chi connectivity index (χ0) is 13.7. The van der Waals surface area contributed by atoms with Gasteiger partial charge in [-0.2, -0.15) is 0 Å². The van der Waals surface area contributed by atoms with Crippen LogP contribution in [0.1, 0.15) is 24.8 Å². The summed E-state index contributed by atoms with van der Waals surface area (Å²) in [6.45, 7) is 3.02. The smallest absolute Gasteiger partial charge is 0.125 e. The van der Waals surface area contributed by atoms with Crippen LogP contribution in [0.15, 0.2) is 35.9 Å². The van der Waals surface area contributed by atoms with Crippen molar-refractivity contribution in [2.45, 2.75) is 31.3 Å². The number of carbonyl (C=O) groups excluding carboxylic acids is 1. The third-order valence-electron chi connectivity index (χ3n) is 5.42. The van der Waals surface area contributed by atoms with Crippen molar-refractivity contribution in [3.8, 4) is 0 Å². The predicted octanol–water partition coefficient (Wildman–Crippen LogP) is 2.32. The summed E-state index contributed by atoms with van der Waals surface area (Å²) in [6, 6.07) is 9.25. The first kappa shape index (κ1) is 12.2. The molecule has 1 aromatic rings. The van der Waals surface area contributed by atoms with Gasteiger partial charge < -0.3 is 15.4 Å². The Balaban J connectivity index is 1.78. The van der Waals surface area contributed by atoms with E-state index >= 15 is 0 Å². The van der Waals surface area contributed by atoms with E-state index in [1.54, 1.807) is 0 Å². The zero-order valence-corrected chi connectivity index (χ0v) is 11.7. The van der Waals surface area contributed by atoms with E-state index in [9.17, 15) is 4.79 Å². The van der Waals surface area contributed by atoms with E-state index in [-0.39, 0.29) is 12.0 Å². The molecule has 0 amide bonds. The van der Waals surface area contributed by atoms with Crippen LogP contribution < -0.4 is 10.6 Å². The van der Waals surface area contributed by atoms with Gasteiger partial charge in [-0.1, -0.05) is 29.8 Å². The minimum atomic E-state index is 0.0944. The van der Waals surface area contributed by atoms with Crippen LogP contribution in [0.5, 0.6) is 0 Å². The maximum Gasteiger partial charge on any atom is 0.125 e. The molecule has 2 bridgehead atoms. The third kappa shape index (κ3) is 1.53. The number of carbonyl (C=O) groups is 1. The molecule has 104 valence electrons. The highest BCUT2D eigenvalue weighted by Crippen LogP contribution is 2.50. The molecule has 2 aliphatic heterocycles. The van der Waals surface area contributed by atoms with Crippen molar-refractivity contribution in [3.63, 3.8) is 0 Å². The summed E-state index contributed by atoms with van der Waals surface area (Å²) < 4.78 is 0. The van der Waals surface area contributed by atoms with Crippen molar-refractivity contribution < 1.29 is 4.79 Å². The van der Waals surface area contributed by atoms with Gasteiger partial charge in [0.05, 0.1) is 0 Å². The van der Waals surface area contributed by atoms with Crippen LogP contribution in [-0.4, -0.2) is 24.9 Å². The highest BCUT2D eigenvalue weighted by Gasteiger charge is 2.51. The summed E-state index contributed by atoms with van der Waals surface area (Å²) in [4.78, 5) is 11.7. The van der Waals surface area contributed by atoms with Gasteiger partial charge in [-0.25, -0.2) is 0 Å². The molecule has 1 saturated heterocycles. The fraction of sp³-hybridized carbons (Fsp3) is 0.471. The third-order valence-corrected chi connectivity index (χ3v) is 5.42. The van der Waals surface area contributed by atoms with Gasteiger partial charge in [0.15, 0.2) is 0 Å². The molecule has 3 heteroatoms. The fourth-order valence-corrected chi connectivity index (χ4v) is 4.50. The highest BCUT2D eigenvalue weighted by atomic mass is 16.1. The molecule has 5 atom stereocenters. The van der Waals surface area contributed by atoms with E-state index in [0.29, 0.717) is 17.9 Å². The molecule has 0 aromatic heterocycles. The van der Waals surface area contributed by atoms with Gasteiger partial charge in [-0.15, -0.1) is 0 Å². The standard InChI is InChI=1S/C17H20N2O/c1-2-10-8-18-15-7-12(10)13(9-20)17-16(15)11-5-3-4-6-14(11)19-17/h2-6,9,12-13,15-19H,7-8H2,1H3. The summed E-state index contributed by atoms with van der Waals surface area (Å²) in [5, 5.41) is 7.30. The molecule has 1 saturated carbocycles. The fourth-order valence-electron chi connectivity index (χ4n) is 4.50. The first-order chi connectivity index (χ1) is 9.83. The van der Waals surface area contributed by atoms with Crippen molar-refractivity contribution >= 4 is 12.0 Å². The average molecular weight is 268 g/mol. The van der Waals surface area contributed by atoms with Crippen molar-refractivity contribution in [3.05, 3.63) is 41.5 Å². The summed E-state index contributed by atoms with van der Waals surface area (Å²) in [5.74, 6) is 0.930.